The Morgan fingerprint density at radius 1 is 1.54 bits per heavy atom. The molecule has 2 N–H and O–H groups in total. The van der Waals surface area contributed by atoms with Crippen molar-refractivity contribution in [2.24, 2.45) is 0 Å². The largest absolute Gasteiger partial charge is 0.313 e. The predicted molar refractivity (Wildman–Crippen MR) is 49.1 cm³/mol. The zero-order chi connectivity index (χ0) is 9.90. The van der Waals surface area contributed by atoms with Gasteiger partial charge in [0.05, 0.1) is 6.54 Å². The molecule has 1 rings (SSSR count). The van der Waals surface area contributed by atoms with E-state index < -0.39 is 5.92 Å². The molecule has 0 aromatic carbocycles. The summed E-state index contributed by atoms with van der Waals surface area (Å²) < 4.78 is 25.0. The minimum atomic E-state index is -2.60. The Kier molecular flexibility index (Phi) is 3.62. The first kappa shape index (κ1) is 10.9. The Morgan fingerprint density at radius 2 is 2.23 bits per heavy atom. The summed E-state index contributed by atoms with van der Waals surface area (Å²) in [6.07, 6.45) is 2.06. The molecule has 0 aromatic heterocycles. The topological polar surface area (TPSA) is 24.1 Å². The van der Waals surface area contributed by atoms with Gasteiger partial charge in [0.15, 0.2) is 0 Å². The van der Waals surface area contributed by atoms with Crippen molar-refractivity contribution in [3.63, 3.8) is 0 Å². The Hall–Kier alpha value is -0.220. The third kappa shape index (κ3) is 4.00. The van der Waals surface area contributed by atoms with Gasteiger partial charge in [0.25, 0.3) is 5.92 Å². The van der Waals surface area contributed by atoms with Crippen LogP contribution in [-0.2, 0) is 0 Å². The van der Waals surface area contributed by atoms with Crippen molar-refractivity contribution in [2.45, 2.75) is 44.7 Å². The van der Waals surface area contributed by atoms with E-state index >= 15 is 0 Å². The van der Waals surface area contributed by atoms with Crippen LogP contribution in [0.15, 0.2) is 0 Å². The SMILES string of the molecule is CC1NCCCC1NCC(C)(F)F. The average Bonchev–Trinajstić information content (AvgIpc) is 2.01. The van der Waals surface area contributed by atoms with E-state index in [-0.39, 0.29) is 12.6 Å². The highest BCUT2D eigenvalue weighted by molar-refractivity contribution is 4.84. The van der Waals surface area contributed by atoms with Gasteiger partial charge in [-0.2, -0.15) is 0 Å². The van der Waals surface area contributed by atoms with Crippen molar-refractivity contribution in [3.8, 4) is 0 Å². The van der Waals surface area contributed by atoms with Crippen molar-refractivity contribution in [1.82, 2.24) is 10.6 Å². The fourth-order valence-electron chi connectivity index (χ4n) is 1.63. The lowest BCUT2D eigenvalue weighted by atomic mass is 10.00. The molecule has 1 saturated heterocycles. The molecule has 1 aliphatic rings. The predicted octanol–water partition coefficient (Wildman–Crippen LogP) is 1.37. The molecule has 1 fully saturated rings. The number of piperidine rings is 1. The molecule has 1 heterocycles. The Balaban J connectivity index is 2.27. The van der Waals surface area contributed by atoms with Gasteiger partial charge in [-0.25, -0.2) is 8.78 Å². The molecule has 0 aliphatic carbocycles. The number of alkyl halides is 2. The molecule has 13 heavy (non-hydrogen) atoms. The molecular weight excluding hydrogens is 174 g/mol. The summed E-state index contributed by atoms with van der Waals surface area (Å²) in [5.41, 5.74) is 0. The summed E-state index contributed by atoms with van der Waals surface area (Å²) in [4.78, 5) is 0. The summed E-state index contributed by atoms with van der Waals surface area (Å²) in [6.45, 7) is 3.76. The molecule has 0 radical (unpaired) electrons. The molecule has 2 nitrogen and oxygen atoms in total. The molecule has 0 bridgehead atoms. The molecule has 0 spiro atoms. The van der Waals surface area contributed by atoms with Crippen LogP contribution in [-0.4, -0.2) is 31.1 Å². The number of halogens is 2. The van der Waals surface area contributed by atoms with E-state index in [1.807, 2.05) is 6.92 Å². The second-order valence-electron chi connectivity index (χ2n) is 3.94. The van der Waals surface area contributed by atoms with E-state index in [9.17, 15) is 8.78 Å². The summed E-state index contributed by atoms with van der Waals surface area (Å²) in [6, 6.07) is 0.496. The van der Waals surface area contributed by atoms with Crippen LogP contribution in [0.5, 0.6) is 0 Å². The molecule has 1 aliphatic heterocycles. The van der Waals surface area contributed by atoms with Gasteiger partial charge in [-0.05, 0) is 26.3 Å². The van der Waals surface area contributed by atoms with Crippen LogP contribution >= 0.6 is 0 Å². The lowest BCUT2D eigenvalue weighted by Crippen LogP contribution is -2.52. The molecule has 78 valence electrons. The maximum atomic E-state index is 12.5. The Bertz CT molecular complexity index is 156. The first-order valence-electron chi connectivity index (χ1n) is 4.83. The zero-order valence-corrected chi connectivity index (χ0v) is 8.24. The van der Waals surface area contributed by atoms with Crippen LogP contribution < -0.4 is 10.6 Å². The maximum Gasteiger partial charge on any atom is 0.257 e. The normalized spacial score (nSPS) is 30.5. The van der Waals surface area contributed by atoms with Crippen molar-refractivity contribution in [3.05, 3.63) is 0 Å². The third-order valence-electron chi connectivity index (χ3n) is 2.44. The summed E-state index contributed by atoms with van der Waals surface area (Å²) in [7, 11) is 0. The first-order chi connectivity index (χ1) is 5.99. The summed E-state index contributed by atoms with van der Waals surface area (Å²) in [5.74, 6) is -2.60. The quantitative estimate of drug-likeness (QED) is 0.705. The minimum absolute atomic E-state index is 0.194. The molecule has 2 unspecified atom stereocenters. The van der Waals surface area contributed by atoms with E-state index in [0.29, 0.717) is 6.04 Å². The standard InChI is InChI=1S/C9H18F2N2/c1-7-8(4-3-5-12-7)13-6-9(2,10)11/h7-8,12-13H,3-6H2,1-2H3. The fourth-order valence-corrected chi connectivity index (χ4v) is 1.63. The van der Waals surface area contributed by atoms with E-state index in [1.54, 1.807) is 0 Å². The molecule has 2 atom stereocenters. The van der Waals surface area contributed by atoms with E-state index in [4.69, 9.17) is 0 Å². The van der Waals surface area contributed by atoms with Gasteiger partial charge in [0.1, 0.15) is 0 Å². The minimum Gasteiger partial charge on any atom is -0.313 e. The summed E-state index contributed by atoms with van der Waals surface area (Å²) in [5, 5.41) is 6.16. The second-order valence-corrected chi connectivity index (χ2v) is 3.94. The smallest absolute Gasteiger partial charge is 0.257 e. The number of hydrogen-bond donors (Lipinski definition) is 2. The van der Waals surface area contributed by atoms with Gasteiger partial charge in [0.2, 0.25) is 0 Å². The zero-order valence-electron chi connectivity index (χ0n) is 8.24. The van der Waals surface area contributed by atoms with Crippen LogP contribution in [0.25, 0.3) is 0 Å². The first-order valence-corrected chi connectivity index (χ1v) is 4.83. The van der Waals surface area contributed by atoms with Crippen molar-refractivity contribution in [2.75, 3.05) is 13.1 Å². The lowest BCUT2D eigenvalue weighted by molar-refractivity contribution is 0.0178. The molecule has 0 saturated carbocycles. The van der Waals surface area contributed by atoms with Gasteiger partial charge >= 0.3 is 0 Å². The Labute approximate surface area is 78.1 Å². The van der Waals surface area contributed by atoms with Gasteiger partial charge < -0.3 is 10.6 Å². The third-order valence-corrected chi connectivity index (χ3v) is 2.44. The molecular formula is C9H18F2N2. The van der Waals surface area contributed by atoms with Crippen molar-refractivity contribution >= 4 is 0 Å². The number of nitrogens with one attached hydrogen (secondary N) is 2. The second kappa shape index (κ2) is 4.33. The van der Waals surface area contributed by atoms with E-state index in [0.717, 1.165) is 26.3 Å². The monoisotopic (exact) mass is 192 g/mol. The molecule has 0 amide bonds. The molecule has 0 aromatic rings. The lowest BCUT2D eigenvalue weighted by Gasteiger charge is -2.31. The van der Waals surface area contributed by atoms with Crippen LogP contribution in [0.2, 0.25) is 0 Å². The van der Waals surface area contributed by atoms with Crippen LogP contribution in [0.4, 0.5) is 8.78 Å². The van der Waals surface area contributed by atoms with Crippen LogP contribution in [0, 0.1) is 0 Å². The van der Waals surface area contributed by atoms with E-state index in [2.05, 4.69) is 10.6 Å². The highest BCUT2D eigenvalue weighted by Gasteiger charge is 2.26. The van der Waals surface area contributed by atoms with Crippen molar-refractivity contribution < 1.29 is 8.78 Å². The van der Waals surface area contributed by atoms with Gasteiger partial charge in [-0.15, -0.1) is 0 Å². The fraction of sp³-hybridized carbons (Fsp3) is 1.00. The van der Waals surface area contributed by atoms with Gasteiger partial charge in [0, 0.05) is 19.0 Å². The van der Waals surface area contributed by atoms with Crippen molar-refractivity contribution in [1.29, 1.82) is 0 Å². The number of rotatable bonds is 3. The summed E-state index contributed by atoms with van der Waals surface area (Å²) >= 11 is 0. The maximum absolute atomic E-state index is 12.5. The van der Waals surface area contributed by atoms with Crippen LogP contribution in [0.1, 0.15) is 26.7 Å². The highest BCUT2D eigenvalue weighted by Crippen LogP contribution is 2.13. The van der Waals surface area contributed by atoms with Crippen LogP contribution in [0.3, 0.4) is 0 Å². The average molecular weight is 192 g/mol. The highest BCUT2D eigenvalue weighted by atomic mass is 19.3. The van der Waals surface area contributed by atoms with Gasteiger partial charge in [-0.1, -0.05) is 0 Å². The molecule has 4 heteroatoms. The van der Waals surface area contributed by atoms with Gasteiger partial charge in [-0.3, -0.25) is 0 Å². The Morgan fingerprint density at radius 3 is 2.77 bits per heavy atom. The number of hydrogen-bond acceptors (Lipinski definition) is 2. The van der Waals surface area contributed by atoms with E-state index in [1.165, 1.54) is 0 Å².